The van der Waals surface area contributed by atoms with Gasteiger partial charge in [0, 0.05) is 17.3 Å². The number of para-hydroxylation sites is 1. The molecule has 0 spiro atoms. The van der Waals surface area contributed by atoms with Crippen LogP contribution in [0.25, 0.3) is 10.9 Å². The van der Waals surface area contributed by atoms with Crippen LogP contribution in [0.2, 0.25) is 0 Å². The Labute approximate surface area is 111 Å². The smallest absolute Gasteiger partial charge is 0.153 e. The number of nitrogens with two attached hydrogens (primary N) is 1. The molecule has 0 aliphatic rings. The lowest BCUT2D eigenvalue weighted by Crippen LogP contribution is -1.99. The van der Waals surface area contributed by atoms with Gasteiger partial charge in [0.25, 0.3) is 0 Å². The van der Waals surface area contributed by atoms with Crippen molar-refractivity contribution in [2.45, 2.75) is 6.92 Å². The van der Waals surface area contributed by atoms with Gasteiger partial charge in [-0.25, -0.2) is 4.98 Å². The number of anilines is 3. The molecule has 0 fully saturated rings. The van der Waals surface area contributed by atoms with E-state index in [1.165, 1.54) is 0 Å². The minimum Gasteiger partial charge on any atom is -0.396 e. The number of nitrogens with zero attached hydrogens (tertiary/aromatic N) is 2. The highest BCUT2D eigenvalue weighted by molar-refractivity contribution is 5.92. The van der Waals surface area contributed by atoms with Gasteiger partial charge in [-0.3, -0.25) is 4.98 Å². The van der Waals surface area contributed by atoms with Crippen LogP contribution in [0.5, 0.6) is 0 Å². The standard InChI is InChI=1S/C15H14N4/c1-10-7-8-11-4-2-6-13(14(11)18-10)19-15-12(16)5-3-9-17-15/h2-9H,16H2,1H3,(H,17,19). The lowest BCUT2D eigenvalue weighted by atomic mass is 10.1. The predicted octanol–water partition coefficient (Wildman–Crippen LogP) is 3.26. The fourth-order valence-electron chi connectivity index (χ4n) is 2.00. The summed E-state index contributed by atoms with van der Waals surface area (Å²) in [5.41, 5.74) is 9.33. The Morgan fingerprint density at radius 3 is 2.79 bits per heavy atom. The number of fused-ring (bicyclic) bond motifs is 1. The molecule has 2 aromatic heterocycles. The molecule has 0 saturated carbocycles. The Balaban J connectivity index is 2.10. The van der Waals surface area contributed by atoms with Crippen LogP contribution in [0.3, 0.4) is 0 Å². The monoisotopic (exact) mass is 250 g/mol. The number of aryl methyl sites for hydroxylation is 1. The molecule has 94 valence electrons. The number of pyridine rings is 2. The molecule has 0 aliphatic carbocycles. The molecule has 0 saturated heterocycles. The number of hydrogen-bond acceptors (Lipinski definition) is 4. The maximum Gasteiger partial charge on any atom is 0.153 e. The highest BCUT2D eigenvalue weighted by atomic mass is 15.0. The van der Waals surface area contributed by atoms with Crippen LogP contribution in [0.4, 0.5) is 17.2 Å². The predicted molar refractivity (Wildman–Crippen MR) is 78.4 cm³/mol. The lowest BCUT2D eigenvalue weighted by Gasteiger charge is -2.10. The molecule has 19 heavy (non-hydrogen) atoms. The van der Waals surface area contributed by atoms with Crippen molar-refractivity contribution in [2.75, 3.05) is 11.1 Å². The fraction of sp³-hybridized carbons (Fsp3) is 0.0667. The number of aromatic nitrogens is 2. The third-order valence-corrected chi connectivity index (χ3v) is 2.95. The number of nitrogens with one attached hydrogen (secondary N) is 1. The Hall–Kier alpha value is -2.62. The Bertz CT molecular complexity index is 737. The van der Waals surface area contributed by atoms with E-state index in [9.17, 15) is 0 Å². The van der Waals surface area contributed by atoms with Crippen LogP contribution in [0.1, 0.15) is 5.69 Å². The summed E-state index contributed by atoms with van der Waals surface area (Å²) in [7, 11) is 0. The molecule has 4 nitrogen and oxygen atoms in total. The number of nitrogen functional groups attached to an aromatic ring is 1. The highest BCUT2D eigenvalue weighted by Gasteiger charge is 2.05. The first-order valence-corrected chi connectivity index (χ1v) is 6.08. The summed E-state index contributed by atoms with van der Waals surface area (Å²) in [5, 5.41) is 4.33. The van der Waals surface area contributed by atoms with E-state index in [2.05, 4.69) is 21.4 Å². The summed E-state index contributed by atoms with van der Waals surface area (Å²) in [5.74, 6) is 0.651. The van der Waals surface area contributed by atoms with Crippen molar-refractivity contribution in [3.05, 3.63) is 54.4 Å². The van der Waals surface area contributed by atoms with E-state index in [0.717, 1.165) is 22.3 Å². The molecule has 1 aromatic carbocycles. The Morgan fingerprint density at radius 2 is 1.95 bits per heavy atom. The summed E-state index contributed by atoms with van der Waals surface area (Å²) >= 11 is 0. The first-order chi connectivity index (χ1) is 9.24. The average Bonchev–Trinajstić information content (AvgIpc) is 2.42. The Kier molecular flexibility index (Phi) is 2.76. The van der Waals surface area contributed by atoms with Gasteiger partial charge in [-0.2, -0.15) is 0 Å². The third kappa shape index (κ3) is 2.20. The molecule has 3 N–H and O–H groups in total. The van der Waals surface area contributed by atoms with Crippen molar-refractivity contribution in [3.63, 3.8) is 0 Å². The van der Waals surface area contributed by atoms with Crippen LogP contribution < -0.4 is 11.1 Å². The molecule has 3 aromatic rings. The van der Waals surface area contributed by atoms with Gasteiger partial charge >= 0.3 is 0 Å². The second kappa shape index (κ2) is 4.57. The minimum absolute atomic E-state index is 0.618. The van der Waals surface area contributed by atoms with E-state index in [1.807, 2.05) is 43.3 Å². The molecular weight excluding hydrogens is 236 g/mol. The number of rotatable bonds is 2. The summed E-state index contributed by atoms with van der Waals surface area (Å²) in [6, 6.07) is 13.7. The zero-order valence-corrected chi connectivity index (χ0v) is 10.6. The van der Waals surface area contributed by atoms with Gasteiger partial charge in [0.05, 0.1) is 16.9 Å². The van der Waals surface area contributed by atoms with Crippen LogP contribution in [-0.2, 0) is 0 Å². The van der Waals surface area contributed by atoms with Gasteiger partial charge in [-0.15, -0.1) is 0 Å². The van der Waals surface area contributed by atoms with Crippen LogP contribution in [0.15, 0.2) is 48.7 Å². The van der Waals surface area contributed by atoms with Crippen molar-refractivity contribution in [1.29, 1.82) is 0 Å². The number of hydrogen-bond donors (Lipinski definition) is 2. The zero-order chi connectivity index (χ0) is 13.2. The summed E-state index contributed by atoms with van der Waals surface area (Å²) < 4.78 is 0. The van der Waals surface area contributed by atoms with E-state index in [0.29, 0.717) is 11.5 Å². The summed E-state index contributed by atoms with van der Waals surface area (Å²) in [6.45, 7) is 1.98. The normalized spacial score (nSPS) is 10.6. The minimum atomic E-state index is 0.618. The second-order valence-corrected chi connectivity index (χ2v) is 4.40. The SMILES string of the molecule is Cc1ccc2cccc(Nc3ncccc3N)c2n1. The topological polar surface area (TPSA) is 63.8 Å². The van der Waals surface area contributed by atoms with Crippen LogP contribution >= 0.6 is 0 Å². The summed E-state index contributed by atoms with van der Waals surface area (Å²) in [6.07, 6.45) is 1.71. The van der Waals surface area contributed by atoms with Gasteiger partial charge in [0.2, 0.25) is 0 Å². The Morgan fingerprint density at radius 1 is 1.05 bits per heavy atom. The molecular formula is C15H14N4. The van der Waals surface area contributed by atoms with Crippen molar-refractivity contribution < 1.29 is 0 Å². The van der Waals surface area contributed by atoms with Crippen molar-refractivity contribution in [1.82, 2.24) is 9.97 Å². The van der Waals surface area contributed by atoms with Crippen LogP contribution in [0, 0.1) is 6.92 Å². The van der Waals surface area contributed by atoms with E-state index in [-0.39, 0.29) is 0 Å². The molecule has 4 heteroatoms. The second-order valence-electron chi connectivity index (χ2n) is 4.40. The largest absolute Gasteiger partial charge is 0.396 e. The van der Waals surface area contributed by atoms with Gasteiger partial charge in [-0.1, -0.05) is 18.2 Å². The maximum absolute atomic E-state index is 5.90. The zero-order valence-electron chi connectivity index (χ0n) is 10.6. The van der Waals surface area contributed by atoms with E-state index >= 15 is 0 Å². The van der Waals surface area contributed by atoms with E-state index in [1.54, 1.807) is 6.20 Å². The quantitative estimate of drug-likeness (QED) is 0.732. The molecule has 0 amide bonds. The molecule has 2 heterocycles. The molecule has 0 aliphatic heterocycles. The van der Waals surface area contributed by atoms with Crippen molar-refractivity contribution in [2.24, 2.45) is 0 Å². The fourth-order valence-corrected chi connectivity index (χ4v) is 2.00. The van der Waals surface area contributed by atoms with Gasteiger partial charge < -0.3 is 11.1 Å². The summed E-state index contributed by atoms with van der Waals surface area (Å²) in [4.78, 5) is 8.81. The van der Waals surface area contributed by atoms with E-state index < -0.39 is 0 Å². The van der Waals surface area contributed by atoms with Gasteiger partial charge in [-0.05, 0) is 31.2 Å². The molecule has 0 atom stereocenters. The lowest BCUT2D eigenvalue weighted by molar-refractivity contribution is 1.25. The van der Waals surface area contributed by atoms with E-state index in [4.69, 9.17) is 5.73 Å². The average molecular weight is 250 g/mol. The number of benzene rings is 1. The maximum atomic E-state index is 5.90. The molecule has 3 rings (SSSR count). The highest BCUT2D eigenvalue weighted by Crippen LogP contribution is 2.26. The van der Waals surface area contributed by atoms with Gasteiger partial charge in [0.15, 0.2) is 5.82 Å². The van der Waals surface area contributed by atoms with Gasteiger partial charge in [0.1, 0.15) is 0 Å². The first-order valence-electron chi connectivity index (χ1n) is 6.08. The molecule has 0 radical (unpaired) electrons. The van der Waals surface area contributed by atoms with Crippen LogP contribution in [-0.4, -0.2) is 9.97 Å². The van der Waals surface area contributed by atoms with Crippen molar-refractivity contribution in [3.8, 4) is 0 Å². The van der Waals surface area contributed by atoms with Crippen molar-refractivity contribution >= 4 is 28.1 Å². The first kappa shape index (κ1) is 11.5. The molecule has 0 bridgehead atoms. The molecule has 0 unspecified atom stereocenters. The third-order valence-electron chi connectivity index (χ3n) is 2.95.